The molecule has 0 radical (unpaired) electrons. The first-order chi connectivity index (χ1) is 13.1. The minimum absolute atomic E-state index is 0.139. The number of amidine groups is 1. The number of aliphatic imine (C=N–C) groups is 1. The molecule has 1 aliphatic heterocycles. The lowest BCUT2D eigenvalue weighted by atomic mass is 10.3. The van der Waals surface area contributed by atoms with E-state index >= 15 is 0 Å². The lowest BCUT2D eigenvalue weighted by Gasteiger charge is -2.07. The average molecular weight is 503 g/mol. The number of amides is 1. The molecular weight excluding hydrogens is 490 g/mol. The Morgan fingerprint density at radius 1 is 0.963 bits per heavy atom. The molecule has 3 aromatic rings. The van der Waals surface area contributed by atoms with Gasteiger partial charge in [-0.25, -0.2) is 4.99 Å². The molecule has 0 atom stereocenters. The van der Waals surface area contributed by atoms with Gasteiger partial charge in [-0.2, -0.15) is 0 Å². The lowest BCUT2D eigenvalue weighted by molar-refractivity contribution is -0.115. The number of rotatable bonds is 3. The number of carbonyl (C=O) groups is 1. The summed E-state index contributed by atoms with van der Waals surface area (Å²) in [5.41, 5.74) is 2.75. The Hall–Kier alpha value is -2.09. The summed E-state index contributed by atoms with van der Waals surface area (Å²) in [6.07, 6.45) is 3.86. The Morgan fingerprint density at radius 3 is 2.33 bits per heavy atom. The first-order valence-electron chi connectivity index (χ1n) is 8.07. The van der Waals surface area contributed by atoms with Crippen LogP contribution in [0.15, 0.2) is 85.7 Å². The highest BCUT2D eigenvalue weighted by molar-refractivity contribution is 9.10. The molecule has 2 aromatic carbocycles. The van der Waals surface area contributed by atoms with E-state index in [-0.39, 0.29) is 5.91 Å². The van der Waals surface area contributed by atoms with Gasteiger partial charge in [0.1, 0.15) is 0 Å². The van der Waals surface area contributed by atoms with Crippen LogP contribution in [0.25, 0.3) is 11.8 Å². The maximum absolute atomic E-state index is 12.3. The number of nitrogens with zero attached hydrogens (tertiary/aromatic N) is 2. The number of hydrogen-bond donors (Lipinski definition) is 1. The zero-order valence-corrected chi connectivity index (χ0v) is 17.9. The van der Waals surface area contributed by atoms with E-state index in [9.17, 15) is 4.79 Å². The van der Waals surface area contributed by atoms with Gasteiger partial charge in [-0.05, 0) is 78.5 Å². The van der Waals surface area contributed by atoms with Crippen LogP contribution in [-0.4, -0.2) is 15.6 Å². The highest BCUT2D eigenvalue weighted by atomic mass is 79.9. The standard InChI is InChI=1S/C20H13Br2N3OS/c21-13-3-7-15(8-4-13)23-20-24-19(26)18(27-20)12-17-2-1-11-25(17)16-9-5-14(22)6-10-16/h1-12H,(H,23,24,26)/b18-12-. The first kappa shape index (κ1) is 18.3. The molecule has 0 unspecified atom stereocenters. The van der Waals surface area contributed by atoms with Crippen LogP contribution < -0.4 is 5.32 Å². The molecule has 4 rings (SSSR count). The van der Waals surface area contributed by atoms with Crippen molar-refractivity contribution in [1.29, 1.82) is 0 Å². The van der Waals surface area contributed by atoms with E-state index in [0.717, 1.165) is 26.0 Å². The second-order valence-corrected chi connectivity index (χ2v) is 8.60. The minimum Gasteiger partial charge on any atom is -0.317 e. The Labute approximate surface area is 177 Å². The lowest BCUT2D eigenvalue weighted by Crippen LogP contribution is -2.19. The molecule has 1 saturated heterocycles. The van der Waals surface area contributed by atoms with Crippen molar-refractivity contribution in [2.75, 3.05) is 0 Å². The molecule has 1 aliphatic rings. The van der Waals surface area contributed by atoms with E-state index in [1.54, 1.807) is 0 Å². The van der Waals surface area contributed by atoms with E-state index in [2.05, 4.69) is 42.2 Å². The number of benzene rings is 2. The van der Waals surface area contributed by atoms with Gasteiger partial charge in [0.05, 0.1) is 10.6 Å². The van der Waals surface area contributed by atoms with Crippen LogP contribution in [0.1, 0.15) is 5.69 Å². The Kier molecular flexibility index (Phi) is 5.33. The molecule has 0 bridgehead atoms. The van der Waals surface area contributed by atoms with Crippen LogP contribution in [0.4, 0.5) is 5.69 Å². The summed E-state index contributed by atoms with van der Waals surface area (Å²) in [7, 11) is 0. The van der Waals surface area contributed by atoms with Crippen molar-refractivity contribution in [3.63, 3.8) is 0 Å². The van der Waals surface area contributed by atoms with Crippen LogP contribution in [0, 0.1) is 0 Å². The fraction of sp³-hybridized carbons (Fsp3) is 0. The van der Waals surface area contributed by atoms with Gasteiger partial charge in [-0.3, -0.25) is 4.79 Å². The Bertz CT molecular complexity index is 1050. The zero-order valence-electron chi connectivity index (χ0n) is 13.9. The number of hydrogen-bond acceptors (Lipinski definition) is 3. The van der Waals surface area contributed by atoms with Crippen LogP contribution in [0.3, 0.4) is 0 Å². The number of thioether (sulfide) groups is 1. The van der Waals surface area contributed by atoms with Crippen LogP contribution in [0.2, 0.25) is 0 Å². The molecule has 7 heteroatoms. The molecule has 134 valence electrons. The van der Waals surface area contributed by atoms with E-state index in [1.165, 1.54) is 11.8 Å². The van der Waals surface area contributed by atoms with Crippen LogP contribution in [0.5, 0.6) is 0 Å². The number of carbonyl (C=O) groups excluding carboxylic acids is 1. The van der Waals surface area contributed by atoms with Crippen molar-refractivity contribution >= 4 is 66.5 Å². The van der Waals surface area contributed by atoms with Gasteiger partial charge >= 0.3 is 0 Å². The highest BCUT2D eigenvalue weighted by Gasteiger charge is 2.24. The van der Waals surface area contributed by atoms with E-state index in [4.69, 9.17) is 0 Å². The van der Waals surface area contributed by atoms with Gasteiger partial charge in [-0.1, -0.05) is 31.9 Å². The Balaban J connectivity index is 1.60. The SMILES string of the molecule is O=C1NC(=Nc2ccc(Br)cc2)S/C1=C\c1cccn1-c1ccc(Br)cc1. The molecule has 0 spiro atoms. The van der Waals surface area contributed by atoms with Crippen LogP contribution in [-0.2, 0) is 4.79 Å². The summed E-state index contributed by atoms with van der Waals surface area (Å²) < 4.78 is 4.05. The first-order valence-corrected chi connectivity index (χ1v) is 10.5. The van der Waals surface area contributed by atoms with E-state index in [1.807, 2.05) is 77.5 Å². The van der Waals surface area contributed by atoms with Gasteiger partial charge in [0.2, 0.25) is 0 Å². The minimum atomic E-state index is -0.139. The maximum atomic E-state index is 12.3. The zero-order chi connectivity index (χ0) is 18.8. The summed E-state index contributed by atoms with van der Waals surface area (Å²) in [5.74, 6) is -0.139. The normalized spacial score (nSPS) is 16.9. The van der Waals surface area contributed by atoms with Crippen molar-refractivity contribution < 1.29 is 4.79 Å². The van der Waals surface area contributed by atoms with Gasteiger partial charge in [0.25, 0.3) is 5.91 Å². The molecule has 1 fully saturated rings. The second kappa shape index (κ2) is 7.88. The molecule has 0 aliphatic carbocycles. The second-order valence-electron chi connectivity index (χ2n) is 5.74. The molecule has 0 saturated carbocycles. The summed E-state index contributed by atoms with van der Waals surface area (Å²) >= 11 is 8.19. The predicted octanol–water partition coefficient (Wildman–Crippen LogP) is 5.89. The summed E-state index contributed by atoms with van der Waals surface area (Å²) in [4.78, 5) is 17.5. The third-order valence-electron chi connectivity index (χ3n) is 3.87. The molecule has 2 heterocycles. The molecule has 1 amide bonds. The fourth-order valence-corrected chi connectivity index (χ4v) is 3.95. The monoisotopic (exact) mass is 501 g/mol. The average Bonchev–Trinajstić information content (AvgIpc) is 3.25. The predicted molar refractivity (Wildman–Crippen MR) is 118 cm³/mol. The summed E-state index contributed by atoms with van der Waals surface area (Å²) in [6, 6.07) is 19.6. The molecular formula is C20H13Br2N3OS. The number of aromatic nitrogens is 1. The van der Waals surface area contributed by atoms with E-state index in [0.29, 0.717) is 10.1 Å². The summed E-state index contributed by atoms with van der Waals surface area (Å²) in [6.45, 7) is 0. The fourth-order valence-electron chi connectivity index (χ4n) is 2.60. The van der Waals surface area contributed by atoms with Crippen molar-refractivity contribution in [2.24, 2.45) is 4.99 Å². The third-order valence-corrected chi connectivity index (χ3v) is 5.84. The van der Waals surface area contributed by atoms with Gasteiger partial charge < -0.3 is 9.88 Å². The molecule has 4 nitrogen and oxygen atoms in total. The number of halogens is 2. The molecule has 27 heavy (non-hydrogen) atoms. The summed E-state index contributed by atoms with van der Waals surface area (Å²) in [5, 5.41) is 3.40. The van der Waals surface area contributed by atoms with Gasteiger partial charge in [-0.15, -0.1) is 0 Å². The number of nitrogens with one attached hydrogen (secondary N) is 1. The maximum Gasteiger partial charge on any atom is 0.264 e. The van der Waals surface area contributed by atoms with E-state index < -0.39 is 0 Å². The van der Waals surface area contributed by atoms with Crippen molar-refractivity contribution in [2.45, 2.75) is 0 Å². The quantitative estimate of drug-likeness (QED) is 0.453. The molecule has 1 N–H and O–H groups in total. The Morgan fingerprint density at radius 2 is 1.63 bits per heavy atom. The van der Waals surface area contributed by atoms with Gasteiger partial charge in [0.15, 0.2) is 5.17 Å². The largest absolute Gasteiger partial charge is 0.317 e. The third kappa shape index (κ3) is 4.26. The van der Waals surface area contributed by atoms with Crippen LogP contribution >= 0.6 is 43.6 Å². The van der Waals surface area contributed by atoms with Crippen molar-refractivity contribution in [3.8, 4) is 5.69 Å². The van der Waals surface area contributed by atoms with Crippen molar-refractivity contribution in [1.82, 2.24) is 9.88 Å². The van der Waals surface area contributed by atoms with Crippen molar-refractivity contribution in [3.05, 3.63) is 86.4 Å². The molecule has 1 aromatic heterocycles. The smallest absolute Gasteiger partial charge is 0.264 e. The topological polar surface area (TPSA) is 46.4 Å². The van der Waals surface area contributed by atoms with Gasteiger partial charge in [0, 0.05) is 26.5 Å². The highest BCUT2D eigenvalue weighted by Crippen LogP contribution is 2.29.